The molecule has 2 rings (SSSR count). The van der Waals surface area contributed by atoms with Crippen LogP contribution in [0.1, 0.15) is 69.8 Å². The van der Waals surface area contributed by atoms with Gasteiger partial charge in [-0.1, -0.05) is 62.4 Å². The quantitative estimate of drug-likeness (QED) is 0.187. The summed E-state index contributed by atoms with van der Waals surface area (Å²) >= 11 is 0. The molecule has 1 fully saturated rings. The number of hydroxylamine groups is 2. The number of carbonyl (C=O) groups is 4. The molecule has 1 aromatic rings. The van der Waals surface area contributed by atoms with Gasteiger partial charge in [-0.2, -0.15) is 0 Å². The molecular weight excluding hydrogens is 464 g/mol. The number of benzene rings is 1. The fourth-order valence-electron chi connectivity index (χ4n) is 4.43. The van der Waals surface area contributed by atoms with E-state index in [2.05, 4.69) is 5.32 Å². The monoisotopic (exact) mass is 504 g/mol. The summed E-state index contributed by atoms with van der Waals surface area (Å²) in [6.07, 6.45) is 6.67. The van der Waals surface area contributed by atoms with Gasteiger partial charge in [-0.05, 0) is 31.4 Å². The van der Waals surface area contributed by atoms with Crippen LogP contribution in [-0.2, 0) is 25.6 Å². The fraction of sp³-hybridized carbons (Fsp3) is 0.615. The number of nitrogens with two attached hydrogens (primary N) is 1. The van der Waals surface area contributed by atoms with Crippen molar-refractivity contribution in [3.63, 3.8) is 0 Å². The molecule has 0 radical (unpaired) electrons. The lowest BCUT2D eigenvalue weighted by Gasteiger charge is -2.40. The molecule has 0 aliphatic carbocycles. The van der Waals surface area contributed by atoms with Gasteiger partial charge in [0.2, 0.25) is 11.8 Å². The lowest BCUT2D eigenvalue weighted by atomic mass is 9.97. The first kappa shape index (κ1) is 29.3. The van der Waals surface area contributed by atoms with E-state index in [1.54, 1.807) is 0 Å². The molecule has 0 saturated carbocycles. The number of hydrogen-bond donors (Lipinski definition) is 4. The number of piperazine rings is 1. The van der Waals surface area contributed by atoms with Crippen molar-refractivity contribution < 1.29 is 29.5 Å². The number of nitrogens with one attached hydrogen (secondary N) is 1. The Hall–Kier alpha value is -2.98. The predicted octanol–water partition coefficient (Wildman–Crippen LogP) is 2.09. The van der Waals surface area contributed by atoms with Crippen molar-refractivity contribution in [2.45, 2.75) is 82.7 Å². The molecule has 0 aromatic heterocycles. The maximum absolute atomic E-state index is 13.4. The smallest absolute Gasteiger partial charge is 0.303 e. The molecule has 1 aromatic carbocycles. The lowest BCUT2D eigenvalue weighted by Crippen LogP contribution is -2.62. The van der Waals surface area contributed by atoms with Crippen LogP contribution in [0.2, 0.25) is 0 Å². The fourth-order valence-corrected chi connectivity index (χ4v) is 4.43. The summed E-state index contributed by atoms with van der Waals surface area (Å²) < 4.78 is 0. The first-order valence-electron chi connectivity index (χ1n) is 12.9. The van der Waals surface area contributed by atoms with Gasteiger partial charge >= 0.3 is 5.97 Å². The van der Waals surface area contributed by atoms with Crippen molar-refractivity contribution in [1.82, 2.24) is 15.3 Å². The van der Waals surface area contributed by atoms with Crippen molar-refractivity contribution in [3.05, 3.63) is 35.9 Å². The molecule has 10 heteroatoms. The number of amides is 3. The van der Waals surface area contributed by atoms with Gasteiger partial charge in [-0.3, -0.25) is 24.4 Å². The SMILES string of the molecule is NCCCNC(=O)C[C@@H](CCCCCCCCC(=O)O)N1CC(=O)N(O)[C@@H](Cc2ccccc2)C1=O. The van der Waals surface area contributed by atoms with E-state index in [0.717, 1.165) is 37.7 Å². The van der Waals surface area contributed by atoms with Gasteiger partial charge in [0.05, 0.1) is 0 Å². The molecule has 0 bridgehead atoms. The van der Waals surface area contributed by atoms with Crippen LogP contribution in [0.4, 0.5) is 0 Å². The minimum Gasteiger partial charge on any atom is -0.481 e. The van der Waals surface area contributed by atoms with Crippen molar-refractivity contribution in [2.75, 3.05) is 19.6 Å². The van der Waals surface area contributed by atoms with E-state index in [-0.39, 0.29) is 37.6 Å². The van der Waals surface area contributed by atoms with Gasteiger partial charge in [0.1, 0.15) is 12.6 Å². The molecule has 2 atom stereocenters. The molecule has 1 heterocycles. The summed E-state index contributed by atoms with van der Waals surface area (Å²) in [4.78, 5) is 50.7. The van der Waals surface area contributed by atoms with E-state index in [1.165, 1.54) is 4.90 Å². The predicted molar refractivity (Wildman–Crippen MR) is 134 cm³/mol. The average molecular weight is 505 g/mol. The van der Waals surface area contributed by atoms with Crippen LogP contribution in [0.25, 0.3) is 0 Å². The molecule has 36 heavy (non-hydrogen) atoms. The summed E-state index contributed by atoms with van der Waals surface area (Å²) in [5, 5.41) is 22.4. The third-order valence-electron chi connectivity index (χ3n) is 6.44. The van der Waals surface area contributed by atoms with E-state index < -0.39 is 24.0 Å². The van der Waals surface area contributed by atoms with Gasteiger partial charge in [0.25, 0.3) is 5.91 Å². The summed E-state index contributed by atoms with van der Waals surface area (Å²) in [5.74, 6) is -1.92. The van der Waals surface area contributed by atoms with Gasteiger partial charge in [-0.15, -0.1) is 0 Å². The molecule has 10 nitrogen and oxygen atoms in total. The van der Waals surface area contributed by atoms with Crippen molar-refractivity contribution in [3.8, 4) is 0 Å². The Bertz CT molecular complexity index is 850. The Kier molecular flexibility index (Phi) is 12.9. The van der Waals surface area contributed by atoms with Crippen molar-refractivity contribution in [1.29, 1.82) is 0 Å². The second-order valence-electron chi connectivity index (χ2n) is 9.31. The Morgan fingerprint density at radius 2 is 1.69 bits per heavy atom. The zero-order valence-corrected chi connectivity index (χ0v) is 20.9. The van der Waals surface area contributed by atoms with E-state index in [0.29, 0.717) is 37.4 Å². The Balaban J connectivity index is 2.01. The maximum atomic E-state index is 13.4. The van der Waals surface area contributed by atoms with Crippen LogP contribution in [0, 0.1) is 0 Å². The minimum atomic E-state index is -1.04. The normalized spacial score (nSPS) is 16.8. The molecule has 1 aliphatic rings. The van der Waals surface area contributed by atoms with Crippen LogP contribution in [-0.4, -0.2) is 75.7 Å². The summed E-state index contributed by atoms with van der Waals surface area (Å²) in [6.45, 7) is 0.645. The molecule has 1 saturated heterocycles. The lowest BCUT2D eigenvalue weighted by molar-refractivity contribution is -0.195. The first-order chi connectivity index (χ1) is 17.3. The van der Waals surface area contributed by atoms with Gasteiger partial charge in [0, 0.05) is 31.8 Å². The highest BCUT2D eigenvalue weighted by atomic mass is 16.5. The first-order valence-corrected chi connectivity index (χ1v) is 12.9. The average Bonchev–Trinajstić information content (AvgIpc) is 2.85. The standard InChI is InChI=1S/C26H40N4O6/c27-15-10-16-28-23(31)18-21(13-8-3-1-2-4-9-14-25(33)34)29-19-24(32)30(36)22(26(29)35)17-20-11-6-5-7-12-20/h5-7,11-12,21-22,36H,1-4,8-10,13-19,27H2,(H,28,31)(H,33,34)/t21-,22+/m1/s1. The second-order valence-corrected chi connectivity index (χ2v) is 9.31. The third-order valence-corrected chi connectivity index (χ3v) is 6.44. The highest BCUT2D eigenvalue weighted by Gasteiger charge is 2.42. The van der Waals surface area contributed by atoms with Gasteiger partial charge in [-0.25, -0.2) is 5.06 Å². The number of rotatable bonds is 17. The van der Waals surface area contributed by atoms with E-state index in [1.807, 2.05) is 30.3 Å². The molecule has 200 valence electrons. The molecule has 3 amide bonds. The largest absolute Gasteiger partial charge is 0.481 e. The molecule has 0 spiro atoms. The number of carboxylic acid groups (broad SMARTS) is 1. The summed E-state index contributed by atoms with van der Waals surface area (Å²) in [6, 6.07) is 7.70. The van der Waals surface area contributed by atoms with Gasteiger partial charge < -0.3 is 21.1 Å². The van der Waals surface area contributed by atoms with E-state index in [9.17, 15) is 24.4 Å². The molecule has 5 N–H and O–H groups in total. The molecular formula is C26H40N4O6. The molecule has 1 aliphatic heterocycles. The zero-order valence-electron chi connectivity index (χ0n) is 20.9. The third kappa shape index (κ3) is 9.94. The van der Waals surface area contributed by atoms with Crippen molar-refractivity contribution in [2.24, 2.45) is 5.73 Å². The van der Waals surface area contributed by atoms with Crippen LogP contribution in [0.5, 0.6) is 0 Å². The Labute approximate surface area is 212 Å². The van der Waals surface area contributed by atoms with Gasteiger partial charge in [0.15, 0.2) is 0 Å². The Morgan fingerprint density at radius 3 is 2.36 bits per heavy atom. The number of hydrogen-bond acceptors (Lipinski definition) is 6. The van der Waals surface area contributed by atoms with Crippen molar-refractivity contribution >= 4 is 23.7 Å². The van der Waals surface area contributed by atoms with E-state index >= 15 is 0 Å². The molecule has 0 unspecified atom stereocenters. The minimum absolute atomic E-state index is 0.0751. The number of unbranched alkanes of at least 4 members (excludes halogenated alkanes) is 5. The highest BCUT2D eigenvalue weighted by Crippen LogP contribution is 2.22. The number of nitrogens with zero attached hydrogens (tertiary/aromatic N) is 2. The topological polar surface area (TPSA) is 153 Å². The van der Waals surface area contributed by atoms with E-state index in [4.69, 9.17) is 10.8 Å². The summed E-state index contributed by atoms with van der Waals surface area (Å²) in [7, 11) is 0. The number of carbonyl (C=O) groups excluding carboxylic acids is 3. The number of carboxylic acids is 1. The zero-order chi connectivity index (χ0) is 26.3. The number of aliphatic carboxylic acids is 1. The summed E-state index contributed by atoms with van der Waals surface area (Å²) in [5.41, 5.74) is 6.32. The van der Waals surface area contributed by atoms with Crippen LogP contribution in [0.15, 0.2) is 30.3 Å². The van der Waals surface area contributed by atoms with Crippen LogP contribution < -0.4 is 11.1 Å². The highest BCUT2D eigenvalue weighted by molar-refractivity contribution is 5.95. The second kappa shape index (κ2) is 15.9. The van der Waals surface area contributed by atoms with Crippen LogP contribution >= 0.6 is 0 Å². The Morgan fingerprint density at radius 1 is 1.03 bits per heavy atom. The maximum Gasteiger partial charge on any atom is 0.303 e. The van der Waals surface area contributed by atoms with Crippen LogP contribution in [0.3, 0.4) is 0 Å².